The molecular weight excluding hydrogens is 320 g/mol. The lowest BCUT2D eigenvalue weighted by Crippen LogP contribution is -2.40. The lowest BCUT2D eigenvalue weighted by molar-refractivity contribution is 0.144. The maximum absolute atomic E-state index is 11.5. The highest BCUT2D eigenvalue weighted by Gasteiger charge is 2.23. The van der Waals surface area contributed by atoms with Crippen LogP contribution in [0, 0.1) is 0 Å². The van der Waals surface area contributed by atoms with E-state index in [0.29, 0.717) is 12.6 Å². The lowest BCUT2D eigenvalue weighted by Gasteiger charge is -2.29. The molecule has 1 saturated carbocycles. The van der Waals surface area contributed by atoms with Gasteiger partial charge in [-0.3, -0.25) is 9.97 Å². The Morgan fingerprint density at radius 1 is 1.12 bits per heavy atom. The number of carbonyl (C=O) groups excluding carboxylic acids is 1. The minimum atomic E-state index is -0.334. The zero-order valence-corrected chi connectivity index (χ0v) is 14.2. The van der Waals surface area contributed by atoms with Gasteiger partial charge in [-0.1, -0.05) is 0 Å². The van der Waals surface area contributed by atoms with Crippen molar-refractivity contribution in [2.75, 3.05) is 11.9 Å². The first-order chi connectivity index (χ1) is 12.2. The highest BCUT2D eigenvalue weighted by Crippen LogP contribution is 2.22. The number of anilines is 1. The molecular formula is C17H22N6O2. The number of nitrogens with zero attached hydrogens (tertiary/aromatic N) is 4. The van der Waals surface area contributed by atoms with Crippen molar-refractivity contribution >= 4 is 12.0 Å². The molecule has 0 atom stereocenters. The van der Waals surface area contributed by atoms with Gasteiger partial charge >= 0.3 is 6.09 Å². The summed E-state index contributed by atoms with van der Waals surface area (Å²) in [7, 11) is 0. The Labute approximate surface area is 146 Å². The first kappa shape index (κ1) is 17.1. The molecule has 0 aliphatic heterocycles. The van der Waals surface area contributed by atoms with E-state index in [4.69, 9.17) is 4.74 Å². The molecule has 0 saturated heterocycles. The van der Waals surface area contributed by atoms with Gasteiger partial charge in [0.05, 0.1) is 18.5 Å². The van der Waals surface area contributed by atoms with Crippen molar-refractivity contribution < 1.29 is 9.53 Å². The molecule has 8 nitrogen and oxygen atoms in total. The minimum Gasteiger partial charge on any atom is -0.450 e. The van der Waals surface area contributed by atoms with E-state index in [1.165, 1.54) is 0 Å². The van der Waals surface area contributed by atoms with Gasteiger partial charge in [0.25, 0.3) is 0 Å². The normalized spacial score (nSPS) is 19.9. The van der Waals surface area contributed by atoms with Crippen LogP contribution in [0.3, 0.4) is 0 Å². The van der Waals surface area contributed by atoms with E-state index in [2.05, 4.69) is 30.6 Å². The fraction of sp³-hybridized carbons (Fsp3) is 0.471. The third-order valence-corrected chi connectivity index (χ3v) is 4.14. The highest BCUT2D eigenvalue weighted by molar-refractivity contribution is 5.67. The fourth-order valence-electron chi connectivity index (χ4n) is 2.91. The average Bonchev–Trinajstić information content (AvgIpc) is 2.65. The van der Waals surface area contributed by atoms with Crippen molar-refractivity contribution in [3.63, 3.8) is 0 Å². The number of hydrogen-bond acceptors (Lipinski definition) is 7. The smallest absolute Gasteiger partial charge is 0.407 e. The van der Waals surface area contributed by atoms with Crippen molar-refractivity contribution in [1.82, 2.24) is 25.3 Å². The number of aromatic nitrogens is 4. The van der Waals surface area contributed by atoms with Crippen LogP contribution in [0.4, 0.5) is 10.7 Å². The number of carbonyl (C=O) groups is 1. The van der Waals surface area contributed by atoms with E-state index in [1.807, 2.05) is 6.07 Å². The summed E-state index contributed by atoms with van der Waals surface area (Å²) >= 11 is 0. The summed E-state index contributed by atoms with van der Waals surface area (Å²) in [6.07, 6.45) is 10.0. The molecule has 8 heteroatoms. The van der Waals surface area contributed by atoms with Gasteiger partial charge < -0.3 is 15.4 Å². The van der Waals surface area contributed by atoms with E-state index in [0.717, 1.165) is 37.1 Å². The molecule has 0 bridgehead atoms. The van der Waals surface area contributed by atoms with Crippen molar-refractivity contribution in [3.05, 3.63) is 30.9 Å². The van der Waals surface area contributed by atoms with Crippen LogP contribution in [0.1, 0.15) is 32.6 Å². The van der Waals surface area contributed by atoms with Crippen molar-refractivity contribution in [2.24, 2.45) is 0 Å². The molecule has 0 aromatic carbocycles. The molecule has 1 aliphatic carbocycles. The van der Waals surface area contributed by atoms with Crippen LogP contribution in [-0.2, 0) is 4.74 Å². The minimum absolute atomic E-state index is 0.170. The van der Waals surface area contributed by atoms with Gasteiger partial charge in [0.1, 0.15) is 5.69 Å². The largest absolute Gasteiger partial charge is 0.450 e. The van der Waals surface area contributed by atoms with Crippen molar-refractivity contribution in [2.45, 2.75) is 44.7 Å². The van der Waals surface area contributed by atoms with Gasteiger partial charge in [0.15, 0.2) is 0 Å². The summed E-state index contributed by atoms with van der Waals surface area (Å²) in [6.45, 7) is 2.19. The molecule has 0 radical (unpaired) electrons. The van der Waals surface area contributed by atoms with Gasteiger partial charge in [-0.2, -0.15) is 0 Å². The second-order valence-corrected chi connectivity index (χ2v) is 5.91. The third-order valence-electron chi connectivity index (χ3n) is 4.14. The van der Waals surface area contributed by atoms with Crippen LogP contribution in [0.15, 0.2) is 30.9 Å². The van der Waals surface area contributed by atoms with Gasteiger partial charge in [-0.15, -0.1) is 0 Å². The van der Waals surface area contributed by atoms with Crippen molar-refractivity contribution in [3.8, 4) is 11.4 Å². The molecule has 1 aliphatic rings. The molecule has 2 N–H and O–H groups in total. The van der Waals surface area contributed by atoms with E-state index in [-0.39, 0.29) is 18.2 Å². The molecule has 0 spiro atoms. The Kier molecular flexibility index (Phi) is 5.71. The summed E-state index contributed by atoms with van der Waals surface area (Å²) in [4.78, 5) is 28.6. The number of amides is 1. The Bertz CT molecular complexity index is 689. The molecule has 1 fully saturated rings. The maximum Gasteiger partial charge on any atom is 0.407 e. The molecule has 2 aromatic heterocycles. The summed E-state index contributed by atoms with van der Waals surface area (Å²) in [5.41, 5.74) is 1.46. The second kappa shape index (κ2) is 8.36. The maximum atomic E-state index is 11.5. The summed E-state index contributed by atoms with van der Waals surface area (Å²) in [5, 5.41) is 6.28. The molecule has 0 unspecified atom stereocenters. The quantitative estimate of drug-likeness (QED) is 0.860. The number of ether oxygens (including phenoxy) is 1. The average molecular weight is 342 g/mol. The summed E-state index contributed by atoms with van der Waals surface area (Å²) in [6, 6.07) is 2.27. The number of hydrogen-bond donors (Lipinski definition) is 2. The standard InChI is InChI=1S/C17H22N6O2/c1-2-25-17(24)22-13-5-3-12(4-6-13)21-16-20-8-7-14(23-16)15-11-18-9-10-19-15/h7-13H,2-6H2,1H3,(H,22,24)(H,20,21,23). The van der Waals surface area contributed by atoms with Crippen LogP contribution in [0.2, 0.25) is 0 Å². The van der Waals surface area contributed by atoms with Crippen LogP contribution >= 0.6 is 0 Å². The van der Waals surface area contributed by atoms with Gasteiger partial charge in [-0.05, 0) is 38.7 Å². The third kappa shape index (κ3) is 4.85. The Balaban J connectivity index is 1.53. The number of rotatable bonds is 5. The van der Waals surface area contributed by atoms with Crippen molar-refractivity contribution in [1.29, 1.82) is 0 Å². The summed E-state index contributed by atoms with van der Waals surface area (Å²) in [5.74, 6) is 0.588. The van der Waals surface area contributed by atoms with Crippen LogP contribution in [0.25, 0.3) is 11.4 Å². The summed E-state index contributed by atoms with van der Waals surface area (Å²) < 4.78 is 4.93. The second-order valence-electron chi connectivity index (χ2n) is 5.91. The molecule has 1 amide bonds. The van der Waals surface area contributed by atoms with E-state index in [1.54, 1.807) is 31.7 Å². The van der Waals surface area contributed by atoms with Gasteiger partial charge in [-0.25, -0.2) is 14.8 Å². The topological polar surface area (TPSA) is 102 Å². The zero-order chi connectivity index (χ0) is 17.5. The fourth-order valence-corrected chi connectivity index (χ4v) is 2.91. The Hall–Kier alpha value is -2.77. The van der Waals surface area contributed by atoms with Crippen LogP contribution < -0.4 is 10.6 Å². The predicted molar refractivity (Wildman–Crippen MR) is 92.9 cm³/mol. The van der Waals surface area contributed by atoms with Crippen LogP contribution in [-0.4, -0.2) is 44.7 Å². The zero-order valence-electron chi connectivity index (χ0n) is 14.2. The Morgan fingerprint density at radius 3 is 2.64 bits per heavy atom. The molecule has 25 heavy (non-hydrogen) atoms. The Morgan fingerprint density at radius 2 is 1.92 bits per heavy atom. The first-order valence-electron chi connectivity index (χ1n) is 8.54. The van der Waals surface area contributed by atoms with E-state index in [9.17, 15) is 4.79 Å². The molecule has 2 heterocycles. The highest BCUT2D eigenvalue weighted by atomic mass is 16.5. The monoisotopic (exact) mass is 342 g/mol. The van der Waals surface area contributed by atoms with E-state index < -0.39 is 0 Å². The van der Waals surface area contributed by atoms with Gasteiger partial charge in [0.2, 0.25) is 5.95 Å². The van der Waals surface area contributed by atoms with E-state index >= 15 is 0 Å². The lowest BCUT2D eigenvalue weighted by atomic mass is 9.91. The predicted octanol–water partition coefficient (Wildman–Crippen LogP) is 2.40. The van der Waals surface area contributed by atoms with Crippen LogP contribution in [0.5, 0.6) is 0 Å². The molecule has 132 valence electrons. The molecule has 2 aromatic rings. The van der Waals surface area contributed by atoms with Gasteiger partial charge in [0, 0.05) is 30.7 Å². The molecule has 3 rings (SSSR count). The number of alkyl carbamates (subject to hydrolysis) is 1. The SMILES string of the molecule is CCOC(=O)NC1CCC(Nc2nccc(-c3cnccn3)n2)CC1. The first-order valence-corrected chi connectivity index (χ1v) is 8.54. The number of nitrogens with one attached hydrogen (secondary N) is 2.